The molecule has 2 rings (SSSR count). The number of para-hydroxylation sites is 1. The molecular formula is C14H13BrN2O2. The largest absolute Gasteiger partial charge is 0.350 e. The Kier molecular flexibility index (Phi) is 4.16. The Morgan fingerprint density at radius 2 is 1.95 bits per heavy atom. The third-order valence-corrected chi connectivity index (χ3v) is 3.32. The van der Waals surface area contributed by atoms with Gasteiger partial charge in [-0.25, -0.2) is 0 Å². The van der Waals surface area contributed by atoms with Gasteiger partial charge in [-0.15, -0.1) is 0 Å². The summed E-state index contributed by atoms with van der Waals surface area (Å²) in [6, 6.07) is 12.8. The lowest BCUT2D eigenvalue weighted by molar-refractivity contribution is -0.384. The number of anilines is 2. The van der Waals surface area contributed by atoms with Crippen molar-refractivity contribution in [3.05, 3.63) is 62.6 Å². The predicted octanol–water partition coefficient (Wildman–Crippen LogP) is 4.66. The average Bonchev–Trinajstić information content (AvgIpc) is 2.41. The number of rotatable bonds is 4. The van der Waals surface area contributed by atoms with Crippen molar-refractivity contribution in [2.45, 2.75) is 13.3 Å². The van der Waals surface area contributed by atoms with Crippen LogP contribution in [0.2, 0.25) is 0 Å². The van der Waals surface area contributed by atoms with Crippen LogP contribution in [0.15, 0.2) is 46.9 Å². The normalized spacial score (nSPS) is 10.2. The van der Waals surface area contributed by atoms with Crippen LogP contribution >= 0.6 is 15.9 Å². The first-order valence-corrected chi connectivity index (χ1v) is 6.70. The Morgan fingerprint density at radius 1 is 1.21 bits per heavy atom. The first-order chi connectivity index (χ1) is 9.11. The number of hydrogen-bond donors (Lipinski definition) is 1. The fraction of sp³-hybridized carbons (Fsp3) is 0.143. The molecule has 0 aliphatic rings. The maximum absolute atomic E-state index is 11.1. The fourth-order valence-corrected chi connectivity index (χ4v) is 2.21. The van der Waals surface area contributed by atoms with Gasteiger partial charge in [0, 0.05) is 16.2 Å². The third-order valence-electron chi connectivity index (χ3n) is 2.82. The van der Waals surface area contributed by atoms with Crippen LogP contribution in [0.4, 0.5) is 17.1 Å². The minimum atomic E-state index is -0.387. The average molecular weight is 321 g/mol. The van der Waals surface area contributed by atoms with Gasteiger partial charge >= 0.3 is 0 Å². The Morgan fingerprint density at radius 3 is 2.63 bits per heavy atom. The number of benzene rings is 2. The molecule has 98 valence electrons. The lowest BCUT2D eigenvalue weighted by atomic mass is 10.1. The van der Waals surface area contributed by atoms with E-state index in [-0.39, 0.29) is 10.6 Å². The summed E-state index contributed by atoms with van der Waals surface area (Å²) < 4.78 is 0.688. The first-order valence-electron chi connectivity index (χ1n) is 5.90. The second kappa shape index (κ2) is 5.84. The second-order valence-electron chi connectivity index (χ2n) is 4.05. The molecule has 0 spiro atoms. The summed E-state index contributed by atoms with van der Waals surface area (Å²) in [5.74, 6) is 0. The van der Waals surface area contributed by atoms with E-state index < -0.39 is 0 Å². The minimum Gasteiger partial charge on any atom is -0.350 e. The summed E-state index contributed by atoms with van der Waals surface area (Å²) in [6.07, 6.45) is 0.869. The molecule has 2 aromatic rings. The van der Waals surface area contributed by atoms with Crippen molar-refractivity contribution in [2.24, 2.45) is 0 Å². The van der Waals surface area contributed by atoms with Crippen LogP contribution < -0.4 is 5.32 Å². The van der Waals surface area contributed by atoms with Crippen molar-refractivity contribution >= 4 is 33.0 Å². The predicted molar refractivity (Wildman–Crippen MR) is 79.9 cm³/mol. The van der Waals surface area contributed by atoms with E-state index in [0.29, 0.717) is 10.2 Å². The van der Waals surface area contributed by atoms with Crippen LogP contribution in [-0.2, 0) is 6.42 Å². The number of nitro groups is 1. The van der Waals surface area contributed by atoms with Crippen molar-refractivity contribution < 1.29 is 4.92 Å². The topological polar surface area (TPSA) is 55.2 Å². The van der Waals surface area contributed by atoms with Crippen molar-refractivity contribution in [2.75, 3.05) is 5.32 Å². The molecule has 0 bridgehead atoms. The van der Waals surface area contributed by atoms with E-state index in [1.54, 1.807) is 12.1 Å². The highest BCUT2D eigenvalue weighted by atomic mass is 79.9. The summed E-state index contributed by atoms with van der Waals surface area (Å²) in [4.78, 5) is 10.7. The number of hydrogen-bond acceptors (Lipinski definition) is 3. The highest BCUT2D eigenvalue weighted by Gasteiger charge is 2.14. The summed E-state index contributed by atoms with van der Waals surface area (Å²) in [7, 11) is 0. The van der Waals surface area contributed by atoms with E-state index in [0.717, 1.165) is 17.7 Å². The molecule has 4 nitrogen and oxygen atoms in total. The second-order valence-corrected chi connectivity index (χ2v) is 4.97. The van der Waals surface area contributed by atoms with E-state index >= 15 is 0 Å². The fourth-order valence-electron chi connectivity index (χ4n) is 1.86. The number of halogens is 1. The van der Waals surface area contributed by atoms with Gasteiger partial charge in [-0.3, -0.25) is 10.1 Å². The van der Waals surface area contributed by atoms with Gasteiger partial charge in [-0.1, -0.05) is 41.1 Å². The monoisotopic (exact) mass is 320 g/mol. The smallest absolute Gasteiger partial charge is 0.293 e. The van der Waals surface area contributed by atoms with Crippen LogP contribution in [-0.4, -0.2) is 4.92 Å². The number of nitrogens with one attached hydrogen (secondary N) is 1. The molecule has 0 heterocycles. The Balaban J connectivity index is 2.41. The molecule has 0 saturated carbocycles. The zero-order valence-corrected chi connectivity index (χ0v) is 12.0. The highest BCUT2D eigenvalue weighted by Crippen LogP contribution is 2.31. The van der Waals surface area contributed by atoms with Crippen LogP contribution in [0.3, 0.4) is 0 Å². The van der Waals surface area contributed by atoms with Crippen molar-refractivity contribution in [3.8, 4) is 0 Å². The quantitative estimate of drug-likeness (QED) is 0.658. The SMILES string of the molecule is CCc1ccccc1Nc1ccc(Br)cc1[N+](=O)[O-]. The molecule has 0 saturated heterocycles. The molecule has 0 amide bonds. The molecular weight excluding hydrogens is 308 g/mol. The Bertz CT molecular complexity index is 614. The van der Waals surface area contributed by atoms with Gasteiger partial charge in [0.1, 0.15) is 5.69 Å². The Labute approximate surface area is 119 Å². The molecule has 0 fully saturated rings. The lowest BCUT2D eigenvalue weighted by Gasteiger charge is -2.11. The molecule has 19 heavy (non-hydrogen) atoms. The summed E-state index contributed by atoms with van der Waals surface area (Å²) in [5, 5.41) is 14.2. The first kappa shape index (κ1) is 13.5. The van der Waals surface area contributed by atoms with Gasteiger partial charge in [0.2, 0.25) is 0 Å². The maximum atomic E-state index is 11.1. The van der Waals surface area contributed by atoms with Crippen molar-refractivity contribution in [1.29, 1.82) is 0 Å². The molecule has 2 aromatic carbocycles. The van der Waals surface area contributed by atoms with Crippen LogP contribution in [0.5, 0.6) is 0 Å². The van der Waals surface area contributed by atoms with Gasteiger partial charge in [0.25, 0.3) is 5.69 Å². The van der Waals surface area contributed by atoms with Gasteiger partial charge in [-0.05, 0) is 30.2 Å². The van der Waals surface area contributed by atoms with E-state index in [1.165, 1.54) is 6.07 Å². The van der Waals surface area contributed by atoms with Crippen LogP contribution in [0, 0.1) is 10.1 Å². The summed E-state index contributed by atoms with van der Waals surface area (Å²) in [5.41, 5.74) is 2.57. The highest BCUT2D eigenvalue weighted by molar-refractivity contribution is 9.10. The maximum Gasteiger partial charge on any atom is 0.293 e. The zero-order valence-electron chi connectivity index (χ0n) is 10.4. The summed E-state index contributed by atoms with van der Waals surface area (Å²) in [6.45, 7) is 2.05. The standard InChI is InChI=1S/C14H13BrN2O2/c1-2-10-5-3-4-6-12(10)16-13-8-7-11(15)9-14(13)17(18)19/h3-9,16H,2H2,1H3. The van der Waals surface area contributed by atoms with E-state index in [1.807, 2.05) is 24.3 Å². The van der Waals surface area contributed by atoms with E-state index in [2.05, 4.69) is 28.2 Å². The molecule has 0 aliphatic heterocycles. The van der Waals surface area contributed by atoms with Crippen molar-refractivity contribution in [3.63, 3.8) is 0 Å². The number of nitrogens with zero attached hydrogens (tertiary/aromatic N) is 1. The number of nitro benzene ring substituents is 1. The molecule has 5 heteroatoms. The minimum absolute atomic E-state index is 0.0558. The summed E-state index contributed by atoms with van der Waals surface area (Å²) >= 11 is 3.25. The lowest BCUT2D eigenvalue weighted by Crippen LogP contribution is -1.99. The van der Waals surface area contributed by atoms with Gasteiger partial charge in [0.15, 0.2) is 0 Å². The van der Waals surface area contributed by atoms with E-state index in [4.69, 9.17) is 0 Å². The van der Waals surface area contributed by atoms with E-state index in [9.17, 15) is 10.1 Å². The van der Waals surface area contributed by atoms with Gasteiger partial charge in [-0.2, -0.15) is 0 Å². The van der Waals surface area contributed by atoms with Gasteiger partial charge < -0.3 is 5.32 Å². The molecule has 1 N–H and O–H groups in total. The van der Waals surface area contributed by atoms with Gasteiger partial charge in [0.05, 0.1) is 4.92 Å². The van der Waals surface area contributed by atoms with Crippen LogP contribution in [0.1, 0.15) is 12.5 Å². The van der Waals surface area contributed by atoms with Crippen LogP contribution in [0.25, 0.3) is 0 Å². The number of aryl methyl sites for hydroxylation is 1. The molecule has 0 radical (unpaired) electrons. The molecule has 0 aliphatic carbocycles. The third kappa shape index (κ3) is 3.12. The zero-order chi connectivity index (χ0) is 13.8. The Hall–Kier alpha value is -1.88. The molecule has 0 unspecified atom stereocenters. The molecule has 0 atom stereocenters. The molecule has 0 aromatic heterocycles. The van der Waals surface area contributed by atoms with Crippen molar-refractivity contribution in [1.82, 2.24) is 0 Å².